The molecule has 1 aromatic heterocycles. The lowest BCUT2D eigenvalue weighted by molar-refractivity contribution is 0.0697. The Hall–Kier alpha value is -2.17. The largest absolute Gasteiger partial charge is 0.478 e. The van der Waals surface area contributed by atoms with Crippen LogP contribution in [0.5, 0.6) is 0 Å². The molecule has 18 heavy (non-hydrogen) atoms. The molecule has 5 nitrogen and oxygen atoms in total. The van der Waals surface area contributed by atoms with Crippen LogP contribution < -0.4 is 0 Å². The van der Waals surface area contributed by atoms with Crippen LogP contribution in [0.4, 0.5) is 0 Å². The van der Waals surface area contributed by atoms with Gasteiger partial charge in [0.25, 0.3) is 5.89 Å². The van der Waals surface area contributed by atoms with E-state index in [0.29, 0.717) is 11.8 Å². The number of hydrogen-bond acceptors (Lipinski definition) is 4. The van der Waals surface area contributed by atoms with E-state index >= 15 is 0 Å². The summed E-state index contributed by atoms with van der Waals surface area (Å²) in [6.07, 6.45) is 3.37. The van der Waals surface area contributed by atoms with Crippen LogP contribution in [-0.2, 0) is 6.42 Å². The number of rotatable bonds is 4. The van der Waals surface area contributed by atoms with Gasteiger partial charge in [-0.25, -0.2) is 4.79 Å². The fourth-order valence-corrected chi connectivity index (χ4v) is 1.79. The first-order chi connectivity index (χ1) is 8.72. The van der Waals surface area contributed by atoms with Crippen LogP contribution in [0.15, 0.2) is 28.8 Å². The SMILES string of the molecule is O=C(O)c1ccc(-c2nc(CC3CC3)no2)cc1. The molecule has 0 amide bonds. The lowest BCUT2D eigenvalue weighted by Gasteiger charge is -1.95. The van der Waals surface area contributed by atoms with E-state index in [1.165, 1.54) is 25.0 Å². The lowest BCUT2D eigenvalue weighted by atomic mass is 10.1. The number of aromatic nitrogens is 2. The monoisotopic (exact) mass is 244 g/mol. The van der Waals surface area contributed by atoms with E-state index in [4.69, 9.17) is 9.63 Å². The maximum absolute atomic E-state index is 10.7. The van der Waals surface area contributed by atoms with Crippen LogP contribution in [0.25, 0.3) is 11.5 Å². The molecule has 2 aromatic rings. The molecule has 5 heteroatoms. The standard InChI is InChI=1S/C13H12N2O3/c16-13(17)10-5-3-9(4-6-10)12-14-11(15-18-12)7-8-1-2-8/h3-6,8H,1-2,7H2,(H,16,17). The van der Waals surface area contributed by atoms with Crippen molar-refractivity contribution in [1.29, 1.82) is 0 Å². The average molecular weight is 244 g/mol. The zero-order valence-corrected chi connectivity index (χ0v) is 9.67. The third-order valence-electron chi connectivity index (χ3n) is 3.02. The number of benzene rings is 1. The summed E-state index contributed by atoms with van der Waals surface area (Å²) in [5.41, 5.74) is 0.992. The van der Waals surface area contributed by atoms with Gasteiger partial charge in [0.2, 0.25) is 0 Å². The van der Waals surface area contributed by atoms with Crippen LogP contribution in [0.1, 0.15) is 29.0 Å². The Bertz CT molecular complexity index is 570. The summed E-state index contributed by atoms with van der Waals surface area (Å²) in [5, 5.41) is 12.7. The van der Waals surface area contributed by atoms with Crippen molar-refractivity contribution in [1.82, 2.24) is 10.1 Å². The van der Waals surface area contributed by atoms with Crippen LogP contribution >= 0.6 is 0 Å². The molecule has 0 radical (unpaired) electrons. The van der Waals surface area contributed by atoms with Crippen molar-refractivity contribution >= 4 is 5.97 Å². The van der Waals surface area contributed by atoms with Crippen LogP contribution in [-0.4, -0.2) is 21.2 Å². The van der Waals surface area contributed by atoms with Gasteiger partial charge in [-0.15, -0.1) is 0 Å². The first kappa shape index (κ1) is 11.0. The predicted molar refractivity (Wildman–Crippen MR) is 63.1 cm³/mol. The topological polar surface area (TPSA) is 76.2 Å². The fraction of sp³-hybridized carbons (Fsp3) is 0.308. The molecule has 1 N–H and O–H groups in total. The Morgan fingerprint density at radius 2 is 2.06 bits per heavy atom. The third-order valence-corrected chi connectivity index (χ3v) is 3.02. The van der Waals surface area contributed by atoms with Gasteiger partial charge in [-0.1, -0.05) is 5.16 Å². The Labute approximate surface area is 103 Å². The smallest absolute Gasteiger partial charge is 0.335 e. The van der Waals surface area contributed by atoms with Gasteiger partial charge >= 0.3 is 5.97 Å². The predicted octanol–water partition coefficient (Wildman–Crippen LogP) is 2.39. The molecule has 1 aliphatic rings. The van der Waals surface area contributed by atoms with Gasteiger partial charge in [0.15, 0.2) is 5.82 Å². The van der Waals surface area contributed by atoms with Crippen molar-refractivity contribution in [3.8, 4) is 11.5 Å². The second-order valence-electron chi connectivity index (χ2n) is 4.55. The van der Waals surface area contributed by atoms with Crippen molar-refractivity contribution in [2.75, 3.05) is 0 Å². The van der Waals surface area contributed by atoms with Gasteiger partial charge in [0, 0.05) is 12.0 Å². The molecule has 1 aromatic carbocycles. The maximum Gasteiger partial charge on any atom is 0.335 e. The van der Waals surface area contributed by atoms with E-state index in [1.54, 1.807) is 12.1 Å². The maximum atomic E-state index is 10.7. The zero-order chi connectivity index (χ0) is 12.5. The van der Waals surface area contributed by atoms with E-state index in [1.807, 2.05) is 0 Å². The van der Waals surface area contributed by atoms with Crippen molar-refractivity contribution in [3.63, 3.8) is 0 Å². The van der Waals surface area contributed by atoms with Gasteiger partial charge < -0.3 is 9.63 Å². The van der Waals surface area contributed by atoms with Gasteiger partial charge in [-0.2, -0.15) is 4.98 Å². The zero-order valence-electron chi connectivity index (χ0n) is 9.67. The molecule has 3 rings (SSSR count). The van der Waals surface area contributed by atoms with E-state index in [0.717, 1.165) is 17.8 Å². The highest BCUT2D eigenvalue weighted by atomic mass is 16.5. The molecule has 0 saturated heterocycles. The Balaban J connectivity index is 1.80. The Morgan fingerprint density at radius 1 is 1.33 bits per heavy atom. The van der Waals surface area contributed by atoms with Gasteiger partial charge in [0.05, 0.1) is 5.56 Å². The van der Waals surface area contributed by atoms with Crippen molar-refractivity contribution in [3.05, 3.63) is 35.7 Å². The molecule has 1 fully saturated rings. The van der Waals surface area contributed by atoms with Crippen molar-refractivity contribution < 1.29 is 14.4 Å². The normalized spacial score (nSPS) is 14.7. The summed E-state index contributed by atoms with van der Waals surface area (Å²) in [6.45, 7) is 0. The summed E-state index contributed by atoms with van der Waals surface area (Å²) < 4.78 is 5.17. The Kier molecular flexibility index (Phi) is 2.59. The first-order valence-electron chi connectivity index (χ1n) is 5.88. The highest BCUT2D eigenvalue weighted by molar-refractivity contribution is 5.88. The van der Waals surface area contributed by atoms with Gasteiger partial charge in [-0.3, -0.25) is 0 Å². The molecule has 0 atom stereocenters. The highest BCUT2D eigenvalue weighted by Gasteiger charge is 2.24. The van der Waals surface area contributed by atoms with E-state index < -0.39 is 5.97 Å². The number of carbonyl (C=O) groups is 1. The van der Waals surface area contributed by atoms with Gasteiger partial charge in [0.1, 0.15) is 0 Å². The fourth-order valence-electron chi connectivity index (χ4n) is 1.79. The molecule has 1 aliphatic carbocycles. The van der Waals surface area contributed by atoms with Crippen molar-refractivity contribution in [2.45, 2.75) is 19.3 Å². The summed E-state index contributed by atoms with van der Waals surface area (Å²) in [7, 11) is 0. The molecular formula is C13H12N2O3. The van der Waals surface area contributed by atoms with Crippen LogP contribution in [0.3, 0.4) is 0 Å². The minimum atomic E-state index is -0.943. The molecule has 92 valence electrons. The molecule has 0 unspecified atom stereocenters. The minimum absolute atomic E-state index is 0.247. The molecule has 1 saturated carbocycles. The summed E-state index contributed by atoms with van der Waals surface area (Å²) >= 11 is 0. The van der Waals surface area contributed by atoms with Crippen molar-refractivity contribution in [2.24, 2.45) is 5.92 Å². The third kappa shape index (κ3) is 2.25. The highest BCUT2D eigenvalue weighted by Crippen LogP contribution is 2.32. The molecule has 0 aliphatic heterocycles. The summed E-state index contributed by atoms with van der Waals surface area (Å²) in [4.78, 5) is 15.0. The second kappa shape index (κ2) is 4.25. The van der Waals surface area contributed by atoms with Gasteiger partial charge in [-0.05, 0) is 43.0 Å². The lowest BCUT2D eigenvalue weighted by Crippen LogP contribution is -1.95. The summed E-state index contributed by atoms with van der Waals surface area (Å²) in [6, 6.07) is 6.42. The number of hydrogen-bond donors (Lipinski definition) is 1. The first-order valence-corrected chi connectivity index (χ1v) is 5.88. The number of aromatic carboxylic acids is 1. The quantitative estimate of drug-likeness (QED) is 0.893. The molecule has 1 heterocycles. The molecule has 0 spiro atoms. The Morgan fingerprint density at radius 3 is 2.67 bits per heavy atom. The van der Waals surface area contributed by atoms with Crippen LogP contribution in [0, 0.1) is 5.92 Å². The second-order valence-corrected chi connectivity index (χ2v) is 4.55. The molecular weight excluding hydrogens is 232 g/mol. The molecule has 0 bridgehead atoms. The number of carboxylic acids is 1. The van der Waals surface area contributed by atoms with Crippen LogP contribution in [0.2, 0.25) is 0 Å². The minimum Gasteiger partial charge on any atom is -0.478 e. The average Bonchev–Trinajstić information content (AvgIpc) is 3.05. The van der Waals surface area contributed by atoms with E-state index in [9.17, 15) is 4.79 Å². The number of nitrogens with zero attached hydrogens (tertiary/aromatic N) is 2. The van der Waals surface area contributed by atoms with E-state index in [-0.39, 0.29) is 5.56 Å². The number of carboxylic acid groups (broad SMARTS) is 1. The van der Waals surface area contributed by atoms with E-state index in [2.05, 4.69) is 10.1 Å². The summed E-state index contributed by atoms with van der Waals surface area (Å²) in [5.74, 6) is 0.948.